The van der Waals surface area contributed by atoms with E-state index in [1.807, 2.05) is 19.9 Å². The number of hydrogen-bond acceptors (Lipinski definition) is 7. The first-order valence-corrected chi connectivity index (χ1v) is 10.4. The van der Waals surface area contributed by atoms with E-state index in [0.717, 1.165) is 25.2 Å². The van der Waals surface area contributed by atoms with Gasteiger partial charge in [-0.2, -0.15) is 0 Å². The number of anilines is 1. The van der Waals surface area contributed by atoms with E-state index in [-0.39, 0.29) is 48.8 Å². The lowest BCUT2D eigenvalue weighted by molar-refractivity contribution is 0.0343. The molecule has 2 N–H and O–H groups in total. The SMILES string of the molecule is COC1CN(c2ccc(C(=O)NC(COCF)C(C)C)nc2OC[C@@H]2C[C@@H]2CO)C1. The lowest BCUT2D eigenvalue weighted by Gasteiger charge is -2.40. The fourth-order valence-electron chi connectivity index (χ4n) is 3.43. The highest BCUT2D eigenvalue weighted by Gasteiger charge is 2.37. The van der Waals surface area contributed by atoms with Gasteiger partial charge in [-0.15, -0.1) is 0 Å². The number of amides is 1. The first-order valence-electron chi connectivity index (χ1n) is 10.4. The molecule has 1 aromatic rings. The average Bonchev–Trinajstić information content (AvgIpc) is 3.47. The fourth-order valence-corrected chi connectivity index (χ4v) is 3.43. The molecule has 1 saturated heterocycles. The normalized spacial score (nSPS) is 22.0. The summed E-state index contributed by atoms with van der Waals surface area (Å²) in [7, 11) is 1.69. The van der Waals surface area contributed by atoms with E-state index in [0.29, 0.717) is 18.4 Å². The lowest BCUT2D eigenvalue weighted by Crippen LogP contribution is -2.52. The number of aromatic nitrogens is 1. The summed E-state index contributed by atoms with van der Waals surface area (Å²) in [5.74, 6) is 0.720. The van der Waals surface area contributed by atoms with Gasteiger partial charge in [0.1, 0.15) is 11.4 Å². The molecule has 1 aromatic heterocycles. The molecule has 1 unspecified atom stereocenters. The van der Waals surface area contributed by atoms with Gasteiger partial charge in [0.15, 0.2) is 6.86 Å². The molecule has 2 heterocycles. The highest BCUT2D eigenvalue weighted by Crippen LogP contribution is 2.39. The van der Waals surface area contributed by atoms with E-state index in [2.05, 4.69) is 15.2 Å². The van der Waals surface area contributed by atoms with Gasteiger partial charge in [0.05, 0.1) is 25.4 Å². The van der Waals surface area contributed by atoms with Crippen LogP contribution in [0.4, 0.5) is 10.1 Å². The van der Waals surface area contributed by atoms with Crippen LogP contribution in [0.3, 0.4) is 0 Å². The zero-order valence-electron chi connectivity index (χ0n) is 17.8. The maximum absolute atomic E-state index is 12.7. The summed E-state index contributed by atoms with van der Waals surface area (Å²) in [5, 5.41) is 12.1. The summed E-state index contributed by atoms with van der Waals surface area (Å²) < 4.78 is 28.5. The summed E-state index contributed by atoms with van der Waals surface area (Å²) >= 11 is 0. The maximum atomic E-state index is 12.7. The first-order chi connectivity index (χ1) is 14.5. The van der Waals surface area contributed by atoms with Gasteiger partial charge in [0.25, 0.3) is 5.91 Å². The number of ether oxygens (including phenoxy) is 3. The van der Waals surface area contributed by atoms with Crippen LogP contribution >= 0.6 is 0 Å². The van der Waals surface area contributed by atoms with Crippen molar-refractivity contribution in [1.29, 1.82) is 0 Å². The number of aliphatic hydroxyl groups excluding tert-OH is 1. The Morgan fingerprint density at radius 3 is 2.73 bits per heavy atom. The van der Waals surface area contributed by atoms with Gasteiger partial charge in [0, 0.05) is 26.8 Å². The molecule has 0 spiro atoms. The van der Waals surface area contributed by atoms with E-state index in [9.17, 15) is 14.3 Å². The largest absolute Gasteiger partial charge is 0.476 e. The Bertz CT molecular complexity index is 714. The van der Waals surface area contributed by atoms with Crippen LogP contribution in [0.15, 0.2) is 12.1 Å². The Morgan fingerprint density at radius 2 is 2.13 bits per heavy atom. The monoisotopic (exact) mass is 425 g/mol. The van der Waals surface area contributed by atoms with Crippen molar-refractivity contribution in [2.45, 2.75) is 32.4 Å². The smallest absolute Gasteiger partial charge is 0.270 e. The molecule has 30 heavy (non-hydrogen) atoms. The molecule has 8 nitrogen and oxygen atoms in total. The molecule has 9 heteroatoms. The second-order valence-electron chi connectivity index (χ2n) is 8.34. The van der Waals surface area contributed by atoms with E-state index >= 15 is 0 Å². The molecule has 2 aliphatic rings. The summed E-state index contributed by atoms with van der Waals surface area (Å²) in [6.45, 7) is 5.15. The van der Waals surface area contributed by atoms with Crippen molar-refractivity contribution in [3.05, 3.63) is 17.8 Å². The number of nitrogens with zero attached hydrogens (tertiary/aromatic N) is 2. The predicted octanol–water partition coefficient (Wildman–Crippen LogP) is 1.62. The van der Waals surface area contributed by atoms with E-state index in [4.69, 9.17) is 14.2 Å². The van der Waals surface area contributed by atoms with Crippen LogP contribution in [0.25, 0.3) is 0 Å². The van der Waals surface area contributed by atoms with Crippen LogP contribution in [0.2, 0.25) is 0 Å². The van der Waals surface area contributed by atoms with Crippen molar-refractivity contribution in [2.24, 2.45) is 17.8 Å². The quantitative estimate of drug-likeness (QED) is 0.526. The molecule has 1 aliphatic heterocycles. The number of nitrogens with one attached hydrogen (secondary N) is 1. The van der Waals surface area contributed by atoms with Crippen LogP contribution in [0, 0.1) is 17.8 Å². The molecule has 0 aromatic carbocycles. The van der Waals surface area contributed by atoms with Crippen molar-refractivity contribution in [3.63, 3.8) is 0 Å². The molecule has 3 atom stereocenters. The van der Waals surface area contributed by atoms with Gasteiger partial charge in [-0.05, 0) is 36.3 Å². The van der Waals surface area contributed by atoms with Gasteiger partial charge in [0.2, 0.25) is 5.88 Å². The van der Waals surface area contributed by atoms with Crippen molar-refractivity contribution in [3.8, 4) is 5.88 Å². The third-order valence-corrected chi connectivity index (χ3v) is 5.83. The van der Waals surface area contributed by atoms with Crippen LogP contribution in [-0.2, 0) is 9.47 Å². The minimum Gasteiger partial charge on any atom is -0.476 e. The van der Waals surface area contributed by atoms with Crippen LogP contribution < -0.4 is 15.0 Å². The first kappa shape index (κ1) is 22.7. The van der Waals surface area contributed by atoms with Gasteiger partial charge >= 0.3 is 0 Å². The number of carbonyl (C=O) groups excluding carboxylic acids is 1. The number of carbonyl (C=O) groups is 1. The Hall–Kier alpha value is -1.97. The third-order valence-electron chi connectivity index (χ3n) is 5.83. The van der Waals surface area contributed by atoms with Gasteiger partial charge < -0.3 is 29.5 Å². The summed E-state index contributed by atoms with van der Waals surface area (Å²) in [6, 6.07) is 3.18. The van der Waals surface area contributed by atoms with Crippen LogP contribution in [0.5, 0.6) is 5.88 Å². The molecule has 1 saturated carbocycles. The highest BCUT2D eigenvalue weighted by molar-refractivity contribution is 5.93. The molecule has 1 amide bonds. The average molecular weight is 426 g/mol. The van der Waals surface area contributed by atoms with Crippen molar-refractivity contribution < 1.29 is 28.5 Å². The zero-order chi connectivity index (χ0) is 21.7. The molecule has 3 rings (SSSR count). The number of hydrogen-bond donors (Lipinski definition) is 2. The fraction of sp³-hybridized carbons (Fsp3) is 0.714. The number of alkyl halides is 1. The van der Waals surface area contributed by atoms with Crippen molar-refractivity contribution in [2.75, 3.05) is 51.8 Å². The number of halogens is 1. The second-order valence-corrected chi connectivity index (χ2v) is 8.34. The lowest BCUT2D eigenvalue weighted by atomic mass is 10.1. The maximum Gasteiger partial charge on any atom is 0.270 e. The molecule has 2 fully saturated rings. The highest BCUT2D eigenvalue weighted by atomic mass is 19.1. The molecular formula is C21H32FN3O5. The summed E-state index contributed by atoms with van der Waals surface area (Å²) in [4.78, 5) is 19.3. The van der Waals surface area contributed by atoms with Gasteiger partial charge in [-0.1, -0.05) is 13.8 Å². The van der Waals surface area contributed by atoms with Crippen LogP contribution in [-0.4, -0.2) is 75.0 Å². The standard InChI is InChI=1S/C21H32FN3O5/c1-13(2)18(11-29-12-22)23-20(27)17-4-5-19(25-7-16(8-25)28-3)21(24-17)30-10-15-6-14(15)9-26/h4-5,13-16,18,26H,6-12H2,1-3H3,(H,23,27)/t14-,15+,18?/m1/s1. The topological polar surface area (TPSA) is 93.2 Å². The van der Waals surface area contributed by atoms with E-state index < -0.39 is 6.86 Å². The van der Waals surface area contributed by atoms with Crippen molar-refractivity contribution >= 4 is 11.6 Å². The Kier molecular flexibility index (Phi) is 7.85. The summed E-state index contributed by atoms with van der Waals surface area (Å²) in [5.41, 5.74) is 1.06. The molecule has 168 valence electrons. The minimum atomic E-state index is -0.891. The van der Waals surface area contributed by atoms with Gasteiger partial charge in [-0.25, -0.2) is 9.37 Å². The van der Waals surface area contributed by atoms with Crippen LogP contribution in [0.1, 0.15) is 30.8 Å². The number of pyridine rings is 1. The number of rotatable bonds is 12. The molecule has 1 aliphatic carbocycles. The second kappa shape index (κ2) is 10.4. The predicted molar refractivity (Wildman–Crippen MR) is 109 cm³/mol. The van der Waals surface area contributed by atoms with E-state index in [1.54, 1.807) is 13.2 Å². The Balaban J connectivity index is 1.71. The van der Waals surface area contributed by atoms with E-state index in [1.165, 1.54) is 0 Å². The Morgan fingerprint density at radius 1 is 1.37 bits per heavy atom. The minimum absolute atomic E-state index is 0.0767. The van der Waals surface area contributed by atoms with Crippen molar-refractivity contribution in [1.82, 2.24) is 10.3 Å². The number of aliphatic hydroxyl groups is 1. The molecule has 0 radical (unpaired) electrons. The molecular weight excluding hydrogens is 393 g/mol. The molecule has 0 bridgehead atoms. The zero-order valence-corrected chi connectivity index (χ0v) is 17.8. The van der Waals surface area contributed by atoms with Gasteiger partial charge in [-0.3, -0.25) is 4.79 Å². The Labute approximate surface area is 176 Å². The number of methoxy groups -OCH3 is 1. The third kappa shape index (κ3) is 5.59. The summed E-state index contributed by atoms with van der Waals surface area (Å²) in [6.07, 6.45) is 1.11.